The molecule has 1 saturated heterocycles. The minimum atomic E-state index is -0.532. The van der Waals surface area contributed by atoms with Crippen LogP contribution in [0, 0.1) is 11.8 Å². The first-order chi connectivity index (χ1) is 9.87. The number of carbonyl (C=O) groups excluding carboxylic acids is 2. The van der Waals surface area contributed by atoms with Crippen molar-refractivity contribution in [2.45, 2.75) is 68.3 Å². The van der Waals surface area contributed by atoms with Gasteiger partial charge in [0.1, 0.15) is 0 Å². The van der Waals surface area contributed by atoms with Crippen LogP contribution in [0.4, 0.5) is 0 Å². The molecule has 4 saturated carbocycles. The molecule has 0 aromatic heterocycles. The maximum Gasteiger partial charge on any atom is 0.224 e. The summed E-state index contributed by atoms with van der Waals surface area (Å²) in [5.41, 5.74) is -0.641. The highest BCUT2D eigenvalue weighted by atomic mass is 32.2. The molecule has 3 atom stereocenters. The summed E-state index contributed by atoms with van der Waals surface area (Å²) in [5, 5.41) is 11.0. The van der Waals surface area contributed by atoms with Gasteiger partial charge in [0.15, 0.2) is 5.12 Å². The SMILES string of the molecule is CC(=O)SC1CC(=O)N(C23CC4CC(CC(O)(C4)C2)C3)C1. The van der Waals surface area contributed by atoms with Gasteiger partial charge < -0.3 is 10.0 Å². The van der Waals surface area contributed by atoms with Crippen molar-refractivity contribution in [1.29, 1.82) is 0 Å². The minimum Gasteiger partial charge on any atom is -0.390 e. The average Bonchev–Trinajstić information content (AvgIpc) is 2.66. The lowest BCUT2D eigenvalue weighted by Gasteiger charge is -2.62. The second-order valence-corrected chi connectivity index (χ2v) is 9.33. The van der Waals surface area contributed by atoms with Crippen molar-refractivity contribution < 1.29 is 14.7 Å². The summed E-state index contributed by atoms with van der Waals surface area (Å²) in [5.74, 6) is 1.37. The molecule has 3 unspecified atom stereocenters. The molecule has 5 fully saturated rings. The first-order valence-electron chi connectivity index (χ1n) is 8.08. The molecule has 5 aliphatic rings. The van der Waals surface area contributed by atoms with Gasteiger partial charge in [-0.2, -0.15) is 0 Å². The van der Waals surface area contributed by atoms with Crippen LogP contribution in [-0.2, 0) is 9.59 Å². The molecular weight excluding hydrogens is 286 g/mol. The Bertz CT molecular complexity index is 492. The summed E-state index contributed by atoms with van der Waals surface area (Å²) < 4.78 is 0. The second-order valence-electron chi connectivity index (χ2n) is 7.85. The molecule has 1 heterocycles. The van der Waals surface area contributed by atoms with Gasteiger partial charge >= 0.3 is 0 Å². The maximum atomic E-state index is 12.5. The fraction of sp³-hybridized carbons (Fsp3) is 0.875. The van der Waals surface area contributed by atoms with Crippen molar-refractivity contribution >= 4 is 22.8 Å². The smallest absolute Gasteiger partial charge is 0.224 e. The Morgan fingerprint density at radius 1 is 1.29 bits per heavy atom. The first-order valence-corrected chi connectivity index (χ1v) is 8.96. The molecule has 1 N–H and O–H groups in total. The highest BCUT2D eigenvalue weighted by molar-refractivity contribution is 8.14. The molecule has 116 valence electrons. The molecule has 5 heteroatoms. The van der Waals surface area contributed by atoms with Gasteiger partial charge in [0.2, 0.25) is 5.91 Å². The third-order valence-corrected chi connectivity index (χ3v) is 6.98. The van der Waals surface area contributed by atoms with E-state index < -0.39 is 5.60 Å². The fourth-order valence-corrected chi connectivity index (χ4v) is 6.85. The summed E-state index contributed by atoms with van der Waals surface area (Å²) >= 11 is 1.31. The van der Waals surface area contributed by atoms with E-state index in [-0.39, 0.29) is 21.8 Å². The Morgan fingerprint density at radius 2 is 1.95 bits per heavy atom. The summed E-state index contributed by atoms with van der Waals surface area (Å²) in [6.45, 7) is 2.27. The number of amides is 1. The van der Waals surface area contributed by atoms with Crippen molar-refractivity contribution in [3.63, 3.8) is 0 Å². The van der Waals surface area contributed by atoms with Gasteiger partial charge in [0.05, 0.1) is 5.60 Å². The highest BCUT2D eigenvalue weighted by Gasteiger charge is 2.61. The largest absolute Gasteiger partial charge is 0.390 e. The van der Waals surface area contributed by atoms with E-state index in [2.05, 4.69) is 4.90 Å². The predicted molar refractivity (Wildman–Crippen MR) is 80.8 cm³/mol. The molecule has 4 aliphatic carbocycles. The van der Waals surface area contributed by atoms with E-state index in [0.717, 1.165) is 32.1 Å². The molecule has 4 bridgehead atoms. The zero-order valence-corrected chi connectivity index (χ0v) is 13.3. The fourth-order valence-electron chi connectivity index (χ4n) is 5.93. The van der Waals surface area contributed by atoms with Crippen LogP contribution in [0.1, 0.15) is 51.9 Å². The Kier molecular flexibility index (Phi) is 3.00. The summed E-state index contributed by atoms with van der Waals surface area (Å²) in [6, 6.07) is 0. The lowest BCUT2D eigenvalue weighted by molar-refractivity contribution is -0.179. The van der Waals surface area contributed by atoms with E-state index in [1.165, 1.54) is 18.2 Å². The van der Waals surface area contributed by atoms with Crippen LogP contribution in [0.2, 0.25) is 0 Å². The number of hydrogen-bond acceptors (Lipinski definition) is 4. The van der Waals surface area contributed by atoms with Crippen LogP contribution in [0.25, 0.3) is 0 Å². The van der Waals surface area contributed by atoms with Gasteiger partial charge in [0.25, 0.3) is 0 Å². The van der Waals surface area contributed by atoms with Crippen LogP contribution in [0.3, 0.4) is 0 Å². The molecule has 4 nitrogen and oxygen atoms in total. The zero-order valence-electron chi connectivity index (χ0n) is 12.5. The van der Waals surface area contributed by atoms with Crippen LogP contribution >= 0.6 is 11.8 Å². The summed E-state index contributed by atoms with van der Waals surface area (Å²) in [6.07, 6.45) is 6.47. The highest BCUT2D eigenvalue weighted by Crippen LogP contribution is 2.60. The quantitative estimate of drug-likeness (QED) is 0.847. The topological polar surface area (TPSA) is 57.6 Å². The van der Waals surface area contributed by atoms with E-state index in [0.29, 0.717) is 24.8 Å². The van der Waals surface area contributed by atoms with Crippen molar-refractivity contribution in [2.24, 2.45) is 11.8 Å². The lowest BCUT2D eigenvalue weighted by atomic mass is 9.50. The number of thioether (sulfide) groups is 1. The standard InChI is InChI=1S/C16H23NO3S/c1-10(18)21-13-3-14(19)17(8-13)15-4-11-2-12(5-15)7-16(20,6-11)9-15/h11-13,20H,2-9H2,1H3. The Hall–Kier alpha value is -0.550. The number of nitrogens with zero attached hydrogens (tertiary/aromatic N) is 1. The molecule has 0 aromatic carbocycles. The predicted octanol–water partition coefficient (Wildman–Crippen LogP) is 1.95. The van der Waals surface area contributed by atoms with Gasteiger partial charge in [-0.1, -0.05) is 11.8 Å². The second kappa shape index (κ2) is 4.48. The van der Waals surface area contributed by atoms with Crippen molar-refractivity contribution in [3.8, 4) is 0 Å². The van der Waals surface area contributed by atoms with Gasteiger partial charge in [-0.15, -0.1) is 0 Å². The molecule has 0 radical (unpaired) electrons. The Labute approximate surface area is 129 Å². The molecule has 5 rings (SSSR count). The van der Waals surface area contributed by atoms with E-state index in [4.69, 9.17) is 0 Å². The maximum absolute atomic E-state index is 12.5. The minimum absolute atomic E-state index is 0.0961. The number of rotatable bonds is 2. The van der Waals surface area contributed by atoms with E-state index in [1.54, 1.807) is 6.92 Å². The van der Waals surface area contributed by atoms with E-state index in [1.807, 2.05) is 0 Å². The van der Waals surface area contributed by atoms with E-state index in [9.17, 15) is 14.7 Å². The first kappa shape index (κ1) is 14.1. The molecule has 0 spiro atoms. The number of aliphatic hydroxyl groups is 1. The van der Waals surface area contributed by atoms with Crippen molar-refractivity contribution in [1.82, 2.24) is 4.90 Å². The Morgan fingerprint density at radius 3 is 2.52 bits per heavy atom. The van der Waals surface area contributed by atoms with Gasteiger partial charge in [0, 0.05) is 30.7 Å². The van der Waals surface area contributed by atoms with Gasteiger partial charge in [-0.3, -0.25) is 9.59 Å². The van der Waals surface area contributed by atoms with Gasteiger partial charge in [-0.25, -0.2) is 0 Å². The van der Waals surface area contributed by atoms with Crippen molar-refractivity contribution in [3.05, 3.63) is 0 Å². The Balaban J connectivity index is 1.58. The number of likely N-dealkylation sites (tertiary alicyclic amines) is 1. The third kappa shape index (κ3) is 2.24. The zero-order chi connectivity index (χ0) is 14.8. The average molecular weight is 309 g/mol. The normalized spacial score (nSPS) is 48.2. The van der Waals surface area contributed by atoms with Crippen molar-refractivity contribution in [2.75, 3.05) is 6.54 Å². The molecule has 21 heavy (non-hydrogen) atoms. The summed E-state index contributed by atoms with van der Waals surface area (Å²) in [4.78, 5) is 25.9. The van der Waals surface area contributed by atoms with Crippen LogP contribution in [-0.4, -0.2) is 44.0 Å². The number of hydrogen-bond donors (Lipinski definition) is 1. The van der Waals surface area contributed by atoms with Gasteiger partial charge in [-0.05, 0) is 50.4 Å². The molecule has 0 aromatic rings. The summed E-state index contributed by atoms with van der Waals surface area (Å²) in [7, 11) is 0. The molecule has 1 amide bonds. The molecule has 1 aliphatic heterocycles. The van der Waals surface area contributed by atoms with Crippen LogP contribution in [0.15, 0.2) is 0 Å². The van der Waals surface area contributed by atoms with Crippen LogP contribution < -0.4 is 0 Å². The molecular formula is C16H23NO3S. The lowest BCUT2D eigenvalue weighted by Crippen LogP contribution is -2.65. The van der Waals surface area contributed by atoms with E-state index >= 15 is 0 Å². The monoisotopic (exact) mass is 309 g/mol. The third-order valence-electron chi connectivity index (χ3n) is 5.99. The number of carbonyl (C=O) groups is 2. The van der Waals surface area contributed by atoms with Crippen LogP contribution in [0.5, 0.6) is 0 Å².